The van der Waals surface area contributed by atoms with Gasteiger partial charge in [-0.2, -0.15) is 0 Å². The summed E-state index contributed by atoms with van der Waals surface area (Å²) in [5, 5.41) is -0.831. The summed E-state index contributed by atoms with van der Waals surface area (Å²) >= 11 is 0. The maximum absolute atomic E-state index is 13.3. The zero-order valence-corrected chi connectivity index (χ0v) is 26.5. The van der Waals surface area contributed by atoms with Crippen LogP contribution in [0.15, 0.2) is 0 Å². The fourth-order valence-electron chi connectivity index (χ4n) is 5.09. The SMILES string of the molecule is CCCCCCCCC(C(OC)(OC)OC)S(=O)(=O)CCCCCCCCCCCCC(OC)(OC)OC. The van der Waals surface area contributed by atoms with Crippen molar-refractivity contribution in [2.75, 3.05) is 48.4 Å². The summed E-state index contributed by atoms with van der Waals surface area (Å²) in [5.41, 5.74) is 0. The van der Waals surface area contributed by atoms with Crippen LogP contribution in [0, 0.1) is 0 Å². The van der Waals surface area contributed by atoms with Gasteiger partial charge in [-0.15, -0.1) is 0 Å². The fraction of sp³-hybridized carbons (Fsp3) is 1.00. The second-order valence-electron chi connectivity index (χ2n) is 10.2. The minimum atomic E-state index is -3.44. The molecule has 0 amide bonds. The van der Waals surface area contributed by atoms with E-state index in [1.165, 1.54) is 66.3 Å². The average Bonchev–Trinajstić information content (AvgIpc) is 2.93. The first-order chi connectivity index (χ1) is 18.3. The molecule has 0 radical (unpaired) electrons. The lowest BCUT2D eigenvalue weighted by Gasteiger charge is -2.36. The molecule has 0 saturated carbocycles. The van der Waals surface area contributed by atoms with E-state index in [-0.39, 0.29) is 5.75 Å². The molecular formula is C29H60O8S. The maximum Gasteiger partial charge on any atom is 0.299 e. The van der Waals surface area contributed by atoms with Crippen LogP contribution in [-0.2, 0) is 38.3 Å². The van der Waals surface area contributed by atoms with Crippen LogP contribution in [0.2, 0.25) is 0 Å². The zero-order chi connectivity index (χ0) is 28.8. The van der Waals surface area contributed by atoms with Gasteiger partial charge in [0.1, 0.15) is 5.25 Å². The molecule has 230 valence electrons. The highest BCUT2D eigenvalue weighted by Gasteiger charge is 2.47. The van der Waals surface area contributed by atoms with Gasteiger partial charge in [0.2, 0.25) is 0 Å². The van der Waals surface area contributed by atoms with Gasteiger partial charge in [0.05, 0.1) is 5.75 Å². The summed E-state index contributed by atoms with van der Waals surface area (Å²) in [6.45, 7) is 2.19. The van der Waals surface area contributed by atoms with Crippen molar-refractivity contribution in [1.82, 2.24) is 0 Å². The molecule has 0 aromatic heterocycles. The Bertz CT molecular complexity index is 616. The van der Waals surface area contributed by atoms with Crippen LogP contribution < -0.4 is 0 Å². The van der Waals surface area contributed by atoms with E-state index in [2.05, 4.69) is 6.92 Å². The van der Waals surface area contributed by atoms with Crippen LogP contribution in [0.4, 0.5) is 0 Å². The summed E-state index contributed by atoms with van der Waals surface area (Å²) in [6, 6.07) is 0. The van der Waals surface area contributed by atoms with Crippen LogP contribution >= 0.6 is 0 Å². The second-order valence-corrected chi connectivity index (χ2v) is 12.5. The van der Waals surface area contributed by atoms with Crippen molar-refractivity contribution in [3.8, 4) is 0 Å². The first-order valence-corrected chi connectivity index (χ1v) is 16.5. The normalized spacial score (nSPS) is 13.8. The summed E-state index contributed by atoms with van der Waals surface area (Å²) in [5.74, 6) is -2.34. The van der Waals surface area contributed by atoms with Gasteiger partial charge in [0.15, 0.2) is 9.84 Å². The Balaban J connectivity index is 4.31. The Morgan fingerprint density at radius 3 is 1.34 bits per heavy atom. The van der Waals surface area contributed by atoms with Gasteiger partial charge >= 0.3 is 0 Å². The Morgan fingerprint density at radius 2 is 0.921 bits per heavy atom. The van der Waals surface area contributed by atoms with Gasteiger partial charge in [-0.3, -0.25) is 0 Å². The Hall–Kier alpha value is -0.290. The van der Waals surface area contributed by atoms with Crippen molar-refractivity contribution < 1.29 is 36.8 Å². The summed E-state index contributed by atoms with van der Waals surface area (Å²) in [4.78, 5) is 0. The molecule has 0 aliphatic rings. The first-order valence-electron chi connectivity index (χ1n) is 14.8. The molecule has 0 N–H and O–H groups in total. The second kappa shape index (κ2) is 22.4. The highest BCUT2D eigenvalue weighted by Crippen LogP contribution is 2.30. The third-order valence-corrected chi connectivity index (χ3v) is 9.85. The minimum Gasteiger partial charge on any atom is -0.331 e. The monoisotopic (exact) mass is 568 g/mol. The molecule has 9 heteroatoms. The molecule has 0 aromatic rings. The largest absolute Gasteiger partial charge is 0.331 e. The number of hydrogen-bond acceptors (Lipinski definition) is 8. The molecule has 0 heterocycles. The Labute approximate surface area is 234 Å². The number of unbranched alkanes of at least 4 members (excludes halogenated alkanes) is 14. The van der Waals surface area contributed by atoms with E-state index in [4.69, 9.17) is 28.4 Å². The highest BCUT2D eigenvalue weighted by atomic mass is 32.2. The van der Waals surface area contributed by atoms with E-state index in [9.17, 15) is 8.42 Å². The molecular weight excluding hydrogens is 508 g/mol. The number of ether oxygens (including phenoxy) is 6. The lowest BCUT2D eigenvalue weighted by Crippen LogP contribution is -2.52. The third kappa shape index (κ3) is 14.4. The van der Waals surface area contributed by atoms with Crippen molar-refractivity contribution in [1.29, 1.82) is 0 Å². The smallest absolute Gasteiger partial charge is 0.299 e. The summed E-state index contributed by atoms with van der Waals surface area (Å²) in [6.07, 6.45) is 18.4. The van der Waals surface area contributed by atoms with E-state index in [1.54, 1.807) is 21.3 Å². The molecule has 38 heavy (non-hydrogen) atoms. The summed E-state index contributed by atoms with van der Waals surface area (Å²) in [7, 11) is 5.70. The van der Waals surface area contributed by atoms with Crippen LogP contribution in [0.5, 0.6) is 0 Å². The highest BCUT2D eigenvalue weighted by molar-refractivity contribution is 7.92. The molecule has 0 spiro atoms. The number of rotatable bonds is 28. The summed E-state index contributed by atoms with van der Waals surface area (Å²) < 4.78 is 59.1. The molecule has 8 nitrogen and oxygen atoms in total. The maximum atomic E-state index is 13.3. The van der Waals surface area contributed by atoms with Crippen molar-refractivity contribution in [2.45, 2.75) is 140 Å². The van der Waals surface area contributed by atoms with Gasteiger partial charge in [-0.05, 0) is 19.3 Å². The lowest BCUT2D eigenvalue weighted by atomic mass is 10.1. The standard InChI is InChI=1S/C29H60O8S/c1-8-9-10-11-18-21-24-27(29(35-5,36-6)37-7)38(30,31)26-23-20-17-15-13-12-14-16-19-22-25-28(32-2,33-3)34-4/h27H,8-26H2,1-7H3. The van der Waals surface area contributed by atoms with Gasteiger partial charge in [0, 0.05) is 49.1 Å². The molecule has 0 aliphatic carbocycles. The number of methoxy groups -OCH3 is 6. The predicted octanol–water partition coefficient (Wildman–Crippen LogP) is 7.00. The van der Waals surface area contributed by atoms with Gasteiger partial charge in [-0.25, -0.2) is 8.42 Å². The molecule has 0 aromatic carbocycles. The van der Waals surface area contributed by atoms with Crippen LogP contribution in [-0.4, -0.2) is 74.0 Å². The van der Waals surface area contributed by atoms with Crippen molar-refractivity contribution >= 4 is 9.84 Å². The molecule has 0 saturated heterocycles. The zero-order valence-electron chi connectivity index (χ0n) is 25.7. The third-order valence-electron chi connectivity index (χ3n) is 7.60. The van der Waals surface area contributed by atoms with E-state index in [0.29, 0.717) is 12.8 Å². The minimum absolute atomic E-state index is 0.136. The molecule has 0 fully saturated rings. The lowest BCUT2D eigenvalue weighted by molar-refractivity contribution is -0.355. The quantitative estimate of drug-likeness (QED) is 0.0736. The van der Waals surface area contributed by atoms with Crippen LogP contribution in [0.25, 0.3) is 0 Å². The average molecular weight is 569 g/mol. The Kier molecular flexibility index (Phi) is 22.2. The van der Waals surface area contributed by atoms with Crippen LogP contribution in [0.1, 0.15) is 122 Å². The molecule has 1 atom stereocenters. The number of hydrogen-bond donors (Lipinski definition) is 0. The van der Waals surface area contributed by atoms with Gasteiger partial charge < -0.3 is 28.4 Å². The number of sulfone groups is 1. The first kappa shape index (κ1) is 37.7. The van der Waals surface area contributed by atoms with E-state index < -0.39 is 27.0 Å². The molecule has 0 rings (SSSR count). The van der Waals surface area contributed by atoms with E-state index >= 15 is 0 Å². The van der Waals surface area contributed by atoms with E-state index in [1.807, 2.05) is 0 Å². The van der Waals surface area contributed by atoms with Crippen molar-refractivity contribution in [3.63, 3.8) is 0 Å². The topological polar surface area (TPSA) is 89.5 Å². The molecule has 1 unspecified atom stereocenters. The van der Waals surface area contributed by atoms with Crippen LogP contribution in [0.3, 0.4) is 0 Å². The molecule has 0 bridgehead atoms. The van der Waals surface area contributed by atoms with E-state index in [0.717, 1.165) is 57.8 Å². The Morgan fingerprint density at radius 1 is 0.526 bits per heavy atom. The van der Waals surface area contributed by atoms with Gasteiger partial charge in [0.25, 0.3) is 11.9 Å². The van der Waals surface area contributed by atoms with Crippen molar-refractivity contribution in [2.24, 2.45) is 0 Å². The van der Waals surface area contributed by atoms with Gasteiger partial charge in [-0.1, -0.05) is 96.8 Å². The molecule has 0 aliphatic heterocycles. The van der Waals surface area contributed by atoms with Crippen molar-refractivity contribution in [3.05, 3.63) is 0 Å². The predicted molar refractivity (Wildman–Crippen MR) is 154 cm³/mol. The fourth-order valence-corrected chi connectivity index (χ4v) is 7.23.